The van der Waals surface area contributed by atoms with Crippen LogP contribution < -0.4 is 0 Å². The van der Waals surface area contributed by atoms with Gasteiger partial charge >= 0.3 is 0 Å². The highest BCUT2D eigenvalue weighted by Crippen LogP contribution is 2.34. The number of benzene rings is 1. The zero-order valence-electron chi connectivity index (χ0n) is 9.76. The van der Waals surface area contributed by atoms with Gasteiger partial charge in [-0.05, 0) is 49.3 Å². The van der Waals surface area contributed by atoms with Crippen molar-refractivity contribution in [2.24, 2.45) is 5.92 Å². The van der Waals surface area contributed by atoms with Gasteiger partial charge in [0.15, 0.2) is 0 Å². The van der Waals surface area contributed by atoms with Crippen LogP contribution >= 0.6 is 27.5 Å². The molecule has 1 aliphatic carbocycles. The molecule has 0 saturated heterocycles. The molecule has 17 heavy (non-hydrogen) atoms. The predicted octanol–water partition coefficient (Wildman–Crippen LogP) is 5.37. The second-order valence-corrected chi connectivity index (χ2v) is 6.42. The molecule has 1 atom stereocenters. The van der Waals surface area contributed by atoms with Crippen LogP contribution in [0.1, 0.15) is 37.7 Å². The van der Waals surface area contributed by atoms with E-state index in [1.54, 1.807) is 6.07 Å². The Bertz CT molecular complexity index is 374. The smallest absolute Gasteiger partial charge is 0.124 e. The summed E-state index contributed by atoms with van der Waals surface area (Å²) < 4.78 is 12.9. The Kier molecular flexibility index (Phi) is 4.87. The molecule has 0 radical (unpaired) electrons. The first-order valence-corrected chi connectivity index (χ1v) is 7.54. The van der Waals surface area contributed by atoms with Crippen LogP contribution in [0, 0.1) is 11.7 Å². The molecule has 0 amide bonds. The van der Waals surface area contributed by atoms with Crippen molar-refractivity contribution in [2.45, 2.75) is 43.4 Å². The molecule has 1 fully saturated rings. The molecule has 1 aromatic rings. The first-order valence-electron chi connectivity index (χ1n) is 6.25. The third-order valence-electron chi connectivity index (χ3n) is 3.62. The average Bonchev–Trinajstić information content (AvgIpc) is 2.81. The Hall–Kier alpha value is -0.0800. The Morgan fingerprint density at radius 2 is 2.06 bits per heavy atom. The Labute approximate surface area is 116 Å². The lowest BCUT2D eigenvalue weighted by Crippen LogP contribution is -2.11. The quantitative estimate of drug-likeness (QED) is 0.655. The van der Waals surface area contributed by atoms with Crippen LogP contribution in [-0.4, -0.2) is 4.83 Å². The normalized spacial score (nSPS) is 18.5. The fraction of sp³-hybridized carbons (Fsp3) is 0.571. The first-order chi connectivity index (χ1) is 8.16. The number of hydrogen-bond acceptors (Lipinski definition) is 0. The van der Waals surface area contributed by atoms with Crippen molar-refractivity contribution in [3.63, 3.8) is 0 Å². The van der Waals surface area contributed by atoms with Gasteiger partial charge in [-0.2, -0.15) is 0 Å². The van der Waals surface area contributed by atoms with Crippen molar-refractivity contribution >= 4 is 27.5 Å². The van der Waals surface area contributed by atoms with Crippen LogP contribution in [0.2, 0.25) is 5.02 Å². The van der Waals surface area contributed by atoms with Gasteiger partial charge in [-0.15, -0.1) is 0 Å². The summed E-state index contributed by atoms with van der Waals surface area (Å²) in [6.45, 7) is 0. The van der Waals surface area contributed by atoms with E-state index in [9.17, 15) is 4.39 Å². The van der Waals surface area contributed by atoms with Crippen molar-refractivity contribution in [1.29, 1.82) is 0 Å². The number of hydrogen-bond donors (Lipinski definition) is 0. The molecule has 94 valence electrons. The minimum Gasteiger partial charge on any atom is -0.207 e. The Morgan fingerprint density at radius 1 is 1.35 bits per heavy atom. The number of halogens is 3. The van der Waals surface area contributed by atoms with Gasteiger partial charge in [-0.25, -0.2) is 4.39 Å². The van der Waals surface area contributed by atoms with Gasteiger partial charge < -0.3 is 0 Å². The first kappa shape index (κ1) is 13.4. The summed E-state index contributed by atoms with van der Waals surface area (Å²) in [6, 6.07) is 4.68. The van der Waals surface area contributed by atoms with E-state index in [0.29, 0.717) is 9.85 Å². The maximum atomic E-state index is 12.9. The van der Waals surface area contributed by atoms with Crippen LogP contribution in [0.5, 0.6) is 0 Å². The van der Waals surface area contributed by atoms with Crippen LogP contribution in [0.4, 0.5) is 4.39 Å². The van der Waals surface area contributed by atoms with Crippen molar-refractivity contribution in [3.8, 4) is 0 Å². The van der Waals surface area contributed by atoms with E-state index in [4.69, 9.17) is 11.6 Å². The molecule has 0 aromatic heterocycles. The monoisotopic (exact) mass is 318 g/mol. The molecule has 3 heteroatoms. The van der Waals surface area contributed by atoms with Crippen molar-refractivity contribution in [2.75, 3.05) is 0 Å². The zero-order valence-corrected chi connectivity index (χ0v) is 12.1. The largest absolute Gasteiger partial charge is 0.207 e. The maximum Gasteiger partial charge on any atom is 0.124 e. The lowest BCUT2D eigenvalue weighted by atomic mass is 9.98. The number of rotatable bonds is 4. The van der Waals surface area contributed by atoms with E-state index in [2.05, 4.69) is 15.9 Å². The summed E-state index contributed by atoms with van der Waals surface area (Å²) >= 11 is 9.80. The van der Waals surface area contributed by atoms with Gasteiger partial charge in [0.2, 0.25) is 0 Å². The lowest BCUT2D eigenvalue weighted by molar-refractivity contribution is 0.506. The van der Waals surface area contributed by atoms with E-state index in [1.165, 1.54) is 37.8 Å². The van der Waals surface area contributed by atoms with Gasteiger partial charge in [0.05, 0.1) is 0 Å². The van der Waals surface area contributed by atoms with Crippen molar-refractivity contribution in [1.82, 2.24) is 0 Å². The summed E-state index contributed by atoms with van der Waals surface area (Å²) in [4.78, 5) is 0.575. The fourth-order valence-electron chi connectivity index (χ4n) is 2.57. The lowest BCUT2D eigenvalue weighted by Gasteiger charge is -2.17. The molecule has 1 saturated carbocycles. The summed E-state index contributed by atoms with van der Waals surface area (Å²) in [5.41, 5.74) is 1.05. The summed E-state index contributed by atoms with van der Waals surface area (Å²) in [5.74, 6) is 0.555. The van der Waals surface area contributed by atoms with E-state index in [1.807, 2.05) is 0 Å². The van der Waals surface area contributed by atoms with E-state index >= 15 is 0 Å². The molecule has 0 N–H and O–H groups in total. The number of aryl methyl sites for hydroxylation is 1. The molecule has 1 aromatic carbocycles. The molecular weight excluding hydrogens is 303 g/mol. The molecule has 0 heterocycles. The average molecular weight is 320 g/mol. The van der Waals surface area contributed by atoms with Crippen LogP contribution in [0.15, 0.2) is 18.2 Å². The number of alkyl halides is 1. The molecule has 2 rings (SSSR count). The van der Waals surface area contributed by atoms with Crippen molar-refractivity contribution < 1.29 is 4.39 Å². The highest BCUT2D eigenvalue weighted by molar-refractivity contribution is 9.09. The molecule has 1 unspecified atom stereocenters. The van der Waals surface area contributed by atoms with Gasteiger partial charge in [0.25, 0.3) is 0 Å². The molecule has 0 spiro atoms. The zero-order chi connectivity index (χ0) is 12.3. The third kappa shape index (κ3) is 3.69. The molecule has 0 nitrogen and oxygen atoms in total. The SMILES string of the molecule is Fc1ccc(CCC(Br)C2CCCC2)c(Cl)c1. The third-order valence-corrected chi connectivity index (χ3v) is 5.17. The van der Waals surface area contributed by atoms with Crippen molar-refractivity contribution in [3.05, 3.63) is 34.6 Å². The topological polar surface area (TPSA) is 0 Å². The van der Waals surface area contributed by atoms with Crippen LogP contribution in [-0.2, 0) is 6.42 Å². The highest BCUT2D eigenvalue weighted by Gasteiger charge is 2.22. The van der Waals surface area contributed by atoms with E-state index in [-0.39, 0.29) is 5.82 Å². The van der Waals surface area contributed by atoms with Gasteiger partial charge in [-0.3, -0.25) is 0 Å². The summed E-state index contributed by atoms with van der Waals surface area (Å²) in [7, 11) is 0. The summed E-state index contributed by atoms with van der Waals surface area (Å²) in [5, 5.41) is 0.552. The second-order valence-electron chi connectivity index (χ2n) is 4.83. The standard InChI is InChI=1S/C14H17BrClF/c15-13(10-3-1-2-4-10)8-6-11-5-7-12(17)9-14(11)16/h5,7,9-10,13H,1-4,6,8H2. The molecule has 0 aliphatic heterocycles. The maximum absolute atomic E-state index is 12.9. The molecule has 1 aliphatic rings. The molecule has 0 bridgehead atoms. The van der Waals surface area contributed by atoms with Gasteiger partial charge in [0, 0.05) is 9.85 Å². The Morgan fingerprint density at radius 3 is 2.71 bits per heavy atom. The van der Waals surface area contributed by atoms with Crippen LogP contribution in [0.3, 0.4) is 0 Å². The van der Waals surface area contributed by atoms with Gasteiger partial charge in [-0.1, -0.05) is 46.4 Å². The van der Waals surface area contributed by atoms with E-state index in [0.717, 1.165) is 24.3 Å². The predicted molar refractivity (Wildman–Crippen MR) is 74.4 cm³/mol. The molecular formula is C14H17BrClF. The van der Waals surface area contributed by atoms with Crippen LogP contribution in [0.25, 0.3) is 0 Å². The highest BCUT2D eigenvalue weighted by atomic mass is 79.9. The second kappa shape index (κ2) is 6.19. The Balaban J connectivity index is 1.88. The minimum atomic E-state index is -0.259. The van der Waals surface area contributed by atoms with Gasteiger partial charge in [0.1, 0.15) is 5.82 Å². The fourth-order valence-corrected chi connectivity index (χ4v) is 3.59. The van der Waals surface area contributed by atoms with E-state index < -0.39 is 0 Å². The summed E-state index contributed by atoms with van der Waals surface area (Å²) in [6.07, 6.45) is 7.41. The minimum absolute atomic E-state index is 0.259.